The van der Waals surface area contributed by atoms with Gasteiger partial charge in [-0.3, -0.25) is 4.79 Å². The number of hydrogen-bond acceptors (Lipinski definition) is 4. The van der Waals surface area contributed by atoms with Gasteiger partial charge in [-0.1, -0.05) is 18.2 Å². The van der Waals surface area contributed by atoms with Crippen molar-refractivity contribution in [1.82, 2.24) is 10.6 Å². The van der Waals surface area contributed by atoms with Crippen LogP contribution < -0.4 is 15.4 Å². The molecule has 5 heteroatoms. The second-order valence-electron chi connectivity index (χ2n) is 4.87. The summed E-state index contributed by atoms with van der Waals surface area (Å²) in [6.07, 6.45) is 2.26. The Balaban J connectivity index is 1.74. The van der Waals surface area contributed by atoms with Crippen molar-refractivity contribution in [2.45, 2.75) is 25.5 Å². The predicted molar refractivity (Wildman–Crippen MR) is 76.7 cm³/mol. The third-order valence-electron chi connectivity index (χ3n) is 3.25. The number of para-hydroxylation sites is 1. The van der Waals surface area contributed by atoms with Crippen molar-refractivity contribution >= 4 is 5.91 Å². The molecule has 2 N–H and O–H groups in total. The predicted octanol–water partition coefficient (Wildman–Crippen LogP) is 1.08. The van der Waals surface area contributed by atoms with Gasteiger partial charge in [-0.25, -0.2) is 0 Å². The molecule has 1 saturated heterocycles. The maximum absolute atomic E-state index is 11.7. The van der Waals surface area contributed by atoms with Crippen LogP contribution in [0.15, 0.2) is 24.3 Å². The fourth-order valence-corrected chi connectivity index (χ4v) is 2.21. The van der Waals surface area contributed by atoms with Crippen LogP contribution >= 0.6 is 0 Å². The summed E-state index contributed by atoms with van der Waals surface area (Å²) in [6, 6.07) is 7.71. The van der Waals surface area contributed by atoms with E-state index in [0.29, 0.717) is 13.1 Å². The van der Waals surface area contributed by atoms with Gasteiger partial charge in [0.15, 0.2) is 6.61 Å². The first-order chi connectivity index (χ1) is 9.79. The maximum atomic E-state index is 11.7. The molecule has 110 valence electrons. The number of amides is 1. The molecule has 1 aliphatic heterocycles. The van der Waals surface area contributed by atoms with Crippen molar-refractivity contribution in [1.29, 1.82) is 0 Å². The molecule has 1 aromatic rings. The molecule has 0 bridgehead atoms. The highest BCUT2D eigenvalue weighted by molar-refractivity contribution is 5.77. The molecule has 5 nitrogen and oxygen atoms in total. The quantitative estimate of drug-likeness (QED) is 0.783. The molecule has 0 aromatic heterocycles. The molecular formula is C15H22N2O3. The zero-order valence-electron chi connectivity index (χ0n) is 11.9. The van der Waals surface area contributed by atoms with Gasteiger partial charge in [0.1, 0.15) is 5.75 Å². The molecule has 1 fully saturated rings. The molecule has 2 rings (SSSR count). The highest BCUT2D eigenvalue weighted by Crippen LogP contribution is 2.17. The number of rotatable bonds is 7. The Morgan fingerprint density at radius 3 is 3.05 bits per heavy atom. The van der Waals surface area contributed by atoms with Crippen LogP contribution in [0.1, 0.15) is 18.4 Å². The van der Waals surface area contributed by atoms with E-state index in [1.165, 1.54) is 0 Å². The number of carbonyl (C=O) groups is 1. The Labute approximate surface area is 119 Å². The minimum Gasteiger partial charge on any atom is -0.483 e. The zero-order valence-corrected chi connectivity index (χ0v) is 11.9. The molecule has 0 spiro atoms. The van der Waals surface area contributed by atoms with Crippen LogP contribution in [-0.4, -0.2) is 38.8 Å². The van der Waals surface area contributed by atoms with Gasteiger partial charge < -0.3 is 20.1 Å². The SMILES string of the molecule is CNCc1ccccc1OCC(=O)NCC1CCCO1. The van der Waals surface area contributed by atoms with E-state index in [9.17, 15) is 4.79 Å². The number of nitrogens with one attached hydrogen (secondary N) is 2. The van der Waals surface area contributed by atoms with Crippen LogP contribution in [0.25, 0.3) is 0 Å². The largest absolute Gasteiger partial charge is 0.483 e. The average Bonchev–Trinajstić information content (AvgIpc) is 2.98. The third-order valence-corrected chi connectivity index (χ3v) is 3.25. The second kappa shape index (κ2) is 7.87. The molecule has 1 aromatic carbocycles. The summed E-state index contributed by atoms with van der Waals surface area (Å²) < 4.78 is 11.0. The average molecular weight is 278 g/mol. The van der Waals surface area contributed by atoms with Crippen molar-refractivity contribution in [3.05, 3.63) is 29.8 Å². The van der Waals surface area contributed by atoms with Gasteiger partial charge >= 0.3 is 0 Å². The summed E-state index contributed by atoms with van der Waals surface area (Å²) in [5, 5.41) is 5.92. The maximum Gasteiger partial charge on any atom is 0.258 e. The minimum atomic E-state index is -0.111. The number of carbonyl (C=O) groups excluding carboxylic acids is 1. The van der Waals surface area contributed by atoms with E-state index in [1.807, 2.05) is 31.3 Å². The summed E-state index contributed by atoms with van der Waals surface area (Å²) in [7, 11) is 1.88. The van der Waals surface area contributed by atoms with Gasteiger partial charge in [0.25, 0.3) is 5.91 Å². The van der Waals surface area contributed by atoms with Crippen LogP contribution in [-0.2, 0) is 16.1 Å². The zero-order chi connectivity index (χ0) is 14.2. The molecule has 1 unspecified atom stereocenters. The fourth-order valence-electron chi connectivity index (χ4n) is 2.21. The molecule has 0 radical (unpaired) electrons. The van der Waals surface area contributed by atoms with Crippen molar-refractivity contribution in [2.24, 2.45) is 0 Å². The first-order valence-electron chi connectivity index (χ1n) is 7.03. The van der Waals surface area contributed by atoms with Crippen LogP contribution in [0.5, 0.6) is 5.75 Å². The first-order valence-corrected chi connectivity index (χ1v) is 7.03. The monoisotopic (exact) mass is 278 g/mol. The number of benzene rings is 1. The van der Waals surface area contributed by atoms with Gasteiger partial charge in [-0.05, 0) is 26.0 Å². The Bertz CT molecular complexity index is 431. The Morgan fingerprint density at radius 2 is 2.30 bits per heavy atom. The lowest BCUT2D eigenvalue weighted by atomic mass is 10.2. The van der Waals surface area contributed by atoms with Gasteiger partial charge in [0.2, 0.25) is 0 Å². The molecule has 1 amide bonds. The molecule has 1 heterocycles. The van der Waals surface area contributed by atoms with E-state index in [1.54, 1.807) is 0 Å². The fraction of sp³-hybridized carbons (Fsp3) is 0.533. The van der Waals surface area contributed by atoms with E-state index in [4.69, 9.17) is 9.47 Å². The smallest absolute Gasteiger partial charge is 0.258 e. The van der Waals surface area contributed by atoms with Crippen molar-refractivity contribution in [2.75, 3.05) is 26.8 Å². The van der Waals surface area contributed by atoms with E-state index in [2.05, 4.69) is 10.6 Å². The number of ether oxygens (including phenoxy) is 2. The lowest BCUT2D eigenvalue weighted by Crippen LogP contribution is -2.35. The minimum absolute atomic E-state index is 0.0352. The van der Waals surface area contributed by atoms with Gasteiger partial charge in [0.05, 0.1) is 6.10 Å². The molecule has 0 saturated carbocycles. The normalized spacial score (nSPS) is 17.9. The van der Waals surface area contributed by atoms with Crippen molar-refractivity contribution in [3.63, 3.8) is 0 Å². The summed E-state index contributed by atoms with van der Waals surface area (Å²) in [4.78, 5) is 11.7. The topological polar surface area (TPSA) is 59.6 Å². The molecule has 0 aliphatic carbocycles. The summed E-state index contributed by atoms with van der Waals surface area (Å²) >= 11 is 0. The molecule has 1 atom stereocenters. The lowest BCUT2D eigenvalue weighted by Gasteiger charge is -2.13. The summed E-state index contributed by atoms with van der Waals surface area (Å²) in [6.45, 7) is 2.12. The van der Waals surface area contributed by atoms with Crippen LogP contribution in [0, 0.1) is 0 Å². The highest BCUT2D eigenvalue weighted by atomic mass is 16.5. The summed E-state index contributed by atoms with van der Waals surface area (Å²) in [5.41, 5.74) is 1.04. The Morgan fingerprint density at radius 1 is 1.45 bits per heavy atom. The standard InChI is InChI=1S/C15H22N2O3/c1-16-9-12-5-2-3-7-14(12)20-11-15(18)17-10-13-6-4-8-19-13/h2-3,5,7,13,16H,4,6,8-11H2,1H3,(H,17,18). The third kappa shape index (κ3) is 4.51. The van der Waals surface area contributed by atoms with Gasteiger partial charge in [-0.2, -0.15) is 0 Å². The molecule has 1 aliphatic rings. The van der Waals surface area contributed by atoms with E-state index in [0.717, 1.165) is 30.8 Å². The van der Waals surface area contributed by atoms with E-state index in [-0.39, 0.29) is 18.6 Å². The second-order valence-corrected chi connectivity index (χ2v) is 4.87. The Kier molecular flexibility index (Phi) is 5.83. The van der Waals surface area contributed by atoms with Crippen molar-refractivity contribution in [3.8, 4) is 5.75 Å². The number of hydrogen-bond donors (Lipinski definition) is 2. The summed E-state index contributed by atoms with van der Waals surface area (Å²) in [5.74, 6) is 0.633. The van der Waals surface area contributed by atoms with Gasteiger partial charge in [0, 0.05) is 25.3 Å². The van der Waals surface area contributed by atoms with Gasteiger partial charge in [-0.15, -0.1) is 0 Å². The highest BCUT2D eigenvalue weighted by Gasteiger charge is 2.16. The van der Waals surface area contributed by atoms with Crippen LogP contribution in [0.2, 0.25) is 0 Å². The van der Waals surface area contributed by atoms with E-state index < -0.39 is 0 Å². The first kappa shape index (κ1) is 14.8. The molecule has 20 heavy (non-hydrogen) atoms. The van der Waals surface area contributed by atoms with Crippen LogP contribution in [0.4, 0.5) is 0 Å². The molecular weight excluding hydrogens is 256 g/mol. The lowest BCUT2D eigenvalue weighted by molar-refractivity contribution is -0.123. The van der Waals surface area contributed by atoms with Crippen LogP contribution in [0.3, 0.4) is 0 Å². The Hall–Kier alpha value is -1.59. The van der Waals surface area contributed by atoms with Crippen molar-refractivity contribution < 1.29 is 14.3 Å². The van der Waals surface area contributed by atoms with E-state index >= 15 is 0 Å².